The zero-order chi connectivity index (χ0) is 19.2. The molecule has 3 nitrogen and oxygen atoms in total. The highest BCUT2D eigenvalue weighted by Gasteiger charge is 2.18. The molecule has 0 saturated heterocycles. The number of hydrogen-bond acceptors (Lipinski definition) is 3. The van der Waals surface area contributed by atoms with Gasteiger partial charge in [-0.15, -0.1) is 11.3 Å². The summed E-state index contributed by atoms with van der Waals surface area (Å²) in [6, 6.07) is 17.3. The van der Waals surface area contributed by atoms with Gasteiger partial charge in [-0.1, -0.05) is 41.9 Å². The quantitative estimate of drug-likeness (QED) is 0.577. The average Bonchev–Trinajstić information content (AvgIpc) is 3.19. The second-order valence-electron chi connectivity index (χ2n) is 6.23. The van der Waals surface area contributed by atoms with Gasteiger partial charge in [0.25, 0.3) is 0 Å². The Morgan fingerprint density at radius 1 is 1.11 bits per heavy atom. The molecule has 1 heterocycles. The fraction of sp³-hybridized carbons (Fsp3) is 0.190. The van der Waals surface area contributed by atoms with Crippen LogP contribution >= 0.6 is 22.9 Å². The van der Waals surface area contributed by atoms with E-state index in [1.807, 2.05) is 48.7 Å². The predicted octanol–water partition coefficient (Wildman–Crippen LogP) is 5.10. The number of rotatable bonds is 7. The first kappa shape index (κ1) is 19.5. The number of nitrogens with one attached hydrogen (secondary N) is 2. The van der Waals surface area contributed by atoms with E-state index in [1.165, 1.54) is 12.1 Å². The Kier molecular flexibility index (Phi) is 6.61. The van der Waals surface area contributed by atoms with Gasteiger partial charge in [-0.05, 0) is 53.8 Å². The number of thiophene rings is 1. The minimum atomic E-state index is -0.304. The highest BCUT2D eigenvalue weighted by molar-refractivity contribution is 7.10. The number of amides is 1. The molecule has 0 saturated carbocycles. The van der Waals surface area contributed by atoms with Gasteiger partial charge in [-0.3, -0.25) is 4.79 Å². The molecule has 2 aromatic carbocycles. The molecule has 0 bridgehead atoms. The molecule has 0 aliphatic carbocycles. The van der Waals surface area contributed by atoms with E-state index in [4.69, 9.17) is 11.6 Å². The van der Waals surface area contributed by atoms with Crippen LogP contribution < -0.4 is 10.6 Å². The first-order chi connectivity index (χ1) is 13.0. The van der Waals surface area contributed by atoms with Crippen LogP contribution in [0, 0.1) is 5.82 Å². The Balaban J connectivity index is 1.65. The Hall–Kier alpha value is -2.21. The summed E-state index contributed by atoms with van der Waals surface area (Å²) in [6.45, 7) is 2.15. The summed E-state index contributed by atoms with van der Waals surface area (Å²) >= 11 is 7.58. The van der Waals surface area contributed by atoms with Crippen molar-refractivity contribution >= 4 is 28.8 Å². The molecular formula is C21H20ClFN2OS. The molecule has 3 rings (SSSR count). The van der Waals surface area contributed by atoms with E-state index in [2.05, 4.69) is 10.6 Å². The zero-order valence-electron chi connectivity index (χ0n) is 14.8. The third kappa shape index (κ3) is 5.39. The van der Waals surface area contributed by atoms with Gasteiger partial charge < -0.3 is 10.6 Å². The van der Waals surface area contributed by atoms with Crippen LogP contribution in [0.2, 0.25) is 5.02 Å². The van der Waals surface area contributed by atoms with E-state index in [0.717, 1.165) is 16.0 Å². The second-order valence-corrected chi connectivity index (χ2v) is 7.64. The molecule has 0 spiro atoms. The zero-order valence-corrected chi connectivity index (χ0v) is 16.4. The molecule has 1 amide bonds. The van der Waals surface area contributed by atoms with Crippen LogP contribution in [0.4, 0.5) is 4.39 Å². The van der Waals surface area contributed by atoms with E-state index in [-0.39, 0.29) is 30.4 Å². The molecule has 2 N–H and O–H groups in total. The largest absolute Gasteiger partial charge is 0.343 e. The minimum Gasteiger partial charge on any atom is -0.343 e. The fourth-order valence-electron chi connectivity index (χ4n) is 2.78. The van der Waals surface area contributed by atoms with Crippen LogP contribution in [0.1, 0.15) is 35.0 Å². The van der Waals surface area contributed by atoms with Gasteiger partial charge in [0, 0.05) is 15.9 Å². The summed E-state index contributed by atoms with van der Waals surface area (Å²) in [4.78, 5) is 13.5. The number of carbonyl (C=O) groups is 1. The molecule has 6 heteroatoms. The third-order valence-electron chi connectivity index (χ3n) is 4.25. The van der Waals surface area contributed by atoms with Crippen LogP contribution in [0.25, 0.3) is 0 Å². The van der Waals surface area contributed by atoms with Crippen molar-refractivity contribution in [1.29, 1.82) is 0 Å². The van der Waals surface area contributed by atoms with E-state index in [9.17, 15) is 9.18 Å². The van der Waals surface area contributed by atoms with Crippen molar-refractivity contribution in [2.24, 2.45) is 0 Å². The summed E-state index contributed by atoms with van der Waals surface area (Å²) < 4.78 is 13.3. The van der Waals surface area contributed by atoms with Gasteiger partial charge in [0.2, 0.25) is 5.91 Å². The smallest absolute Gasteiger partial charge is 0.234 e. The van der Waals surface area contributed by atoms with Crippen molar-refractivity contribution in [1.82, 2.24) is 10.6 Å². The molecule has 0 radical (unpaired) electrons. The number of carbonyl (C=O) groups excluding carboxylic acids is 1. The molecule has 0 fully saturated rings. The maximum Gasteiger partial charge on any atom is 0.234 e. The molecule has 2 atom stereocenters. The maximum atomic E-state index is 13.3. The van der Waals surface area contributed by atoms with E-state index < -0.39 is 0 Å². The third-order valence-corrected chi connectivity index (χ3v) is 5.43. The molecular weight excluding hydrogens is 383 g/mol. The summed E-state index contributed by atoms with van der Waals surface area (Å²) in [5, 5.41) is 8.87. The summed E-state index contributed by atoms with van der Waals surface area (Å²) in [6.07, 6.45) is 0. The van der Waals surface area contributed by atoms with E-state index in [1.54, 1.807) is 23.5 Å². The van der Waals surface area contributed by atoms with Gasteiger partial charge in [-0.25, -0.2) is 4.39 Å². The summed E-state index contributed by atoms with van der Waals surface area (Å²) in [5.74, 6) is -0.432. The van der Waals surface area contributed by atoms with Crippen LogP contribution in [0.5, 0.6) is 0 Å². The van der Waals surface area contributed by atoms with Crippen LogP contribution in [0.3, 0.4) is 0 Å². The first-order valence-electron chi connectivity index (χ1n) is 8.60. The lowest BCUT2D eigenvalue weighted by Crippen LogP contribution is -2.37. The van der Waals surface area contributed by atoms with Crippen molar-refractivity contribution in [3.63, 3.8) is 0 Å². The highest BCUT2D eigenvalue weighted by Crippen LogP contribution is 2.26. The lowest BCUT2D eigenvalue weighted by atomic mass is 10.1. The van der Waals surface area contributed by atoms with Crippen molar-refractivity contribution in [3.05, 3.63) is 92.9 Å². The topological polar surface area (TPSA) is 41.1 Å². The van der Waals surface area contributed by atoms with Crippen LogP contribution in [-0.2, 0) is 4.79 Å². The molecule has 0 aliphatic heterocycles. The molecule has 0 aliphatic rings. The average molecular weight is 403 g/mol. The molecule has 140 valence electrons. The van der Waals surface area contributed by atoms with Crippen molar-refractivity contribution in [3.8, 4) is 0 Å². The number of benzene rings is 2. The fourth-order valence-corrected chi connectivity index (χ4v) is 3.78. The van der Waals surface area contributed by atoms with Crippen molar-refractivity contribution in [2.75, 3.05) is 6.54 Å². The molecule has 27 heavy (non-hydrogen) atoms. The Morgan fingerprint density at radius 2 is 1.89 bits per heavy atom. The molecule has 3 aromatic rings. The maximum absolute atomic E-state index is 13.3. The summed E-state index contributed by atoms with van der Waals surface area (Å²) in [7, 11) is 0. The normalized spacial score (nSPS) is 13.1. The van der Waals surface area contributed by atoms with Gasteiger partial charge >= 0.3 is 0 Å². The lowest BCUT2D eigenvalue weighted by Gasteiger charge is -2.20. The Labute approximate surface area is 167 Å². The van der Waals surface area contributed by atoms with Crippen LogP contribution in [0.15, 0.2) is 66.0 Å². The van der Waals surface area contributed by atoms with Crippen molar-refractivity contribution in [2.45, 2.75) is 19.0 Å². The Morgan fingerprint density at radius 3 is 2.56 bits per heavy atom. The SMILES string of the molecule is C[C@@H](NCC(=O)N[C@@H](c1ccc(F)cc1)c1cccs1)c1cccc(Cl)c1. The first-order valence-corrected chi connectivity index (χ1v) is 9.86. The van der Waals surface area contributed by atoms with Gasteiger partial charge in [-0.2, -0.15) is 0 Å². The molecule has 0 unspecified atom stereocenters. The van der Waals surface area contributed by atoms with Gasteiger partial charge in [0.05, 0.1) is 12.6 Å². The van der Waals surface area contributed by atoms with Gasteiger partial charge in [0.1, 0.15) is 5.82 Å². The van der Waals surface area contributed by atoms with Gasteiger partial charge in [0.15, 0.2) is 0 Å². The van der Waals surface area contributed by atoms with Crippen LogP contribution in [-0.4, -0.2) is 12.5 Å². The standard InChI is InChI=1S/C21H20ClFN2OS/c1-14(16-4-2-5-17(22)12-16)24-13-20(26)25-21(19-6-3-11-27-19)15-7-9-18(23)10-8-15/h2-12,14,21,24H,13H2,1H3,(H,25,26)/t14-,21+/m1/s1. The number of halogens is 2. The highest BCUT2D eigenvalue weighted by atomic mass is 35.5. The predicted molar refractivity (Wildman–Crippen MR) is 109 cm³/mol. The minimum absolute atomic E-state index is 0.0135. The second kappa shape index (κ2) is 9.13. The summed E-state index contributed by atoms with van der Waals surface area (Å²) in [5.41, 5.74) is 1.86. The van der Waals surface area contributed by atoms with Crippen molar-refractivity contribution < 1.29 is 9.18 Å². The Bertz CT molecular complexity index is 883. The lowest BCUT2D eigenvalue weighted by molar-refractivity contribution is -0.120. The molecule has 1 aromatic heterocycles. The number of hydrogen-bond donors (Lipinski definition) is 2. The van der Waals surface area contributed by atoms with E-state index in [0.29, 0.717) is 5.02 Å². The monoisotopic (exact) mass is 402 g/mol. The van der Waals surface area contributed by atoms with E-state index >= 15 is 0 Å².